The number of benzene rings is 2. The van der Waals surface area contributed by atoms with E-state index in [0.29, 0.717) is 22.3 Å². The Morgan fingerprint density at radius 3 is 2.46 bits per heavy atom. The molecule has 0 N–H and O–H groups in total. The smallest absolute Gasteiger partial charge is 0.416 e. The van der Waals surface area contributed by atoms with E-state index in [-0.39, 0.29) is 0 Å². The summed E-state index contributed by atoms with van der Waals surface area (Å²) < 4.78 is 45.0. The van der Waals surface area contributed by atoms with Gasteiger partial charge in [-0.1, -0.05) is 12.1 Å². The molecular formula is C20H13F3N2O2S. The lowest BCUT2D eigenvalue weighted by Gasteiger charge is -2.06. The normalized spacial score (nSPS) is 11.7. The van der Waals surface area contributed by atoms with Crippen LogP contribution in [0.3, 0.4) is 0 Å². The van der Waals surface area contributed by atoms with E-state index in [2.05, 4.69) is 5.10 Å². The topological polar surface area (TPSA) is 44.1 Å². The van der Waals surface area contributed by atoms with Gasteiger partial charge in [0, 0.05) is 16.3 Å². The SMILES string of the molecule is COC(=O)c1ccc2c(-c3ccc(C(F)(F)F)cc3)nn(-c3ccsc3)c2c1. The van der Waals surface area contributed by atoms with Gasteiger partial charge >= 0.3 is 12.1 Å². The number of carbonyl (C=O) groups excluding carboxylic acids is 1. The summed E-state index contributed by atoms with van der Waals surface area (Å²) in [4.78, 5) is 11.9. The van der Waals surface area contributed by atoms with Crippen LogP contribution in [0.15, 0.2) is 59.3 Å². The largest absolute Gasteiger partial charge is 0.465 e. The van der Waals surface area contributed by atoms with Gasteiger partial charge < -0.3 is 4.74 Å². The first-order chi connectivity index (χ1) is 13.4. The van der Waals surface area contributed by atoms with E-state index in [9.17, 15) is 18.0 Å². The zero-order chi connectivity index (χ0) is 19.9. The molecular weight excluding hydrogens is 389 g/mol. The number of halogens is 3. The number of nitrogens with zero attached hydrogens (tertiary/aromatic N) is 2. The van der Waals surface area contributed by atoms with Crippen molar-refractivity contribution in [3.8, 4) is 16.9 Å². The third kappa shape index (κ3) is 3.16. The number of alkyl halides is 3. The number of rotatable bonds is 3. The molecule has 0 aliphatic rings. The summed E-state index contributed by atoms with van der Waals surface area (Å²) in [5, 5.41) is 9.12. The van der Waals surface area contributed by atoms with Gasteiger partial charge in [-0.05, 0) is 41.8 Å². The summed E-state index contributed by atoms with van der Waals surface area (Å²) in [7, 11) is 1.30. The number of methoxy groups -OCH3 is 1. The summed E-state index contributed by atoms with van der Waals surface area (Å²) in [6, 6.07) is 11.7. The average molecular weight is 402 g/mol. The first-order valence-electron chi connectivity index (χ1n) is 8.20. The number of hydrogen-bond acceptors (Lipinski definition) is 4. The molecule has 8 heteroatoms. The number of thiophene rings is 1. The predicted octanol–water partition coefficient (Wildman–Crippen LogP) is 5.56. The second-order valence-electron chi connectivity index (χ2n) is 6.04. The summed E-state index contributed by atoms with van der Waals surface area (Å²) in [6.07, 6.45) is -4.40. The van der Waals surface area contributed by atoms with Crippen LogP contribution in [-0.2, 0) is 10.9 Å². The van der Waals surface area contributed by atoms with E-state index in [1.54, 1.807) is 22.9 Å². The van der Waals surface area contributed by atoms with Crippen molar-refractivity contribution in [1.29, 1.82) is 0 Å². The fourth-order valence-corrected chi connectivity index (χ4v) is 3.58. The van der Waals surface area contributed by atoms with E-state index in [4.69, 9.17) is 4.74 Å². The van der Waals surface area contributed by atoms with Crippen molar-refractivity contribution in [2.45, 2.75) is 6.18 Å². The molecule has 2 heterocycles. The van der Waals surface area contributed by atoms with E-state index in [1.165, 1.54) is 30.6 Å². The number of esters is 1. The highest BCUT2D eigenvalue weighted by atomic mass is 32.1. The number of hydrogen-bond donors (Lipinski definition) is 0. The minimum absolute atomic E-state index is 0.366. The maximum absolute atomic E-state index is 12.9. The van der Waals surface area contributed by atoms with Crippen LogP contribution in [0.2, 0.25) is 0 Å². The minimum atomic E-state index is -4.40. The first kappa shape index (κ1) is 18.2. The molecule has 142 valence electrons. The Kier molecular flexibility index (Phi) is 4.43. The Morgan fingerprint density at radius 2 is 1.86 bits per heavy atom. The van der Waals surface area contributed by atoms with Crippen LogP contribution in [0.4, 0.5) is 13.2 Å². The lowest BCUT2D eigenvalue weighted by atomic mass is 10.0. The van der Waals surface area contributed by atoms with Crippen molar-refractivity contribution in [3.63, 3.8) is 0 Å². The highest BCUT2D eigenvalue weighted by molar-refractivity contribution is 7.08. The van der Waals surface area contributed by atoms with Crippen LogP contribution in [-0.4, -0.2) is 22.9 Å². The molecule has 4 nitrogen and oxygen atoms in total. The molecule has 0 amide bonds. The van der Waals surface area contributed by atoms with Crippen molar-refractivity contribution >= 4 is 28.2 Å². The van der Waals surface area contributed by atoms with Crippen LogP contribution in [0, 0.1) is 0 Å². The lowest BCUT2D eigenvalue weighted by molar-refractivity contribution is -0.137. The van der Waals surface area contributed by atoms with Crippen LogP contribution >= 0.6 is 11.3 Å². The quantitative estimate of drug-likeness (QED) is 0.422. The molecule has 0 saturated carbocycles. The Hall–Kier alpha value is -3.13. The van der Waals surface area contributed by atoms with Gasteiger partial charge in [0.2, 0.25) is 0 Å². The molecule has 0 aliphatic carbocycles. The van der Waals surface area contributed by atoms with Gasteiger partial charge in [0.05, 0.1) is 29.4 Å². The van der Waals surface area contributed by atoms with Crippen LogP contribution in [0.25, 0.3) is 27.8 Å². The number of aromatic nitrogens is 2. The monoisotopic (exact) mass is 402 g/mol. The Balaban J connectivity index is 1.91. The predicted molar refractivity (Wildman–Crippen MR) is 101 cm³/mol. The molecule has 2 aromatic carbocycles. The molecule has 0 bridgehead atoms. The molecule has 0 spiro atoms. The summed E-state index contributed by atoms with van der Waals surface area (Å²) >= 11 is 1.49. The maximum atomic E-state index is 12.9. The van der Waals surface area contributed by atoms with Gasteiger partial charge in [0.25, 0.3) is 0 Å². The zero-order valence-corrected chi connectivity index (χ0v) is 15.3. The van der Waals surface area contributed by atoms with Gasteiger partial charge in [0.15, 0.2) is 0 Å². The Morgan fingerprint density at radius 1 is 1.11 bits per heavy atom. The molecule has 0 aliphatic heterocycles. The van der Waals surface area contributed by atoms with Crippen LogP contribution in [0.1, 0.15) is 15.9 Å². The molecule has 0 atom stereocenters. The molecule has 0 unspecified atom stereocenters. The highest BCUT2D eigenvalue weighted by Gasteiger charge is 2.30. The molecule has 4 aromatic rings. The van der Waals surface area contributed by atoms with Crippen molar-refractivity contribution < 1.29 is 22.7 Å². The van der Waals surface area contributed by atoms with Gasteiger partial charge in [-0.15, -0.1) is 0 Å². The highest BCUT2D eigenvalue weighted by Crippen LogP contribution is 2.34. The van der Waals surface area contributed by atoms with Crippen LogP contribution < -0.4 is 0 Å². The third-order valence-electron chi connectivity index (χ3n) is 4.34. The molecule has 2 aromatic heterocycles. The van der Waals surface area contributed by atoms with Crippen molar-refractivity contribution in [1.82, 2.24) is 9.78 Å². The van der Waals surface area contributed by atoms with Gasteiger partial charge in [0.1, 0.15) is 5.69 Å². The van der Waals surface area contributed by atoms with E-state index in [1.807, 2.05) is 16.8 Å². The van der Waals surface area contributed by atoms with Gasteiger partial charge in [-0.25, -0.2) is 9.48 Å². The molecule has 0 radical (unpaired) electrons. The van der Waals surface area contributed by atoms with Crippen molar-refractivity contribution in [3.05, 3.63) is 70.4 Å². The van der Waals surface area contributed by atoms with E-state index >= 15 is 0 Å². The van der Waals surface area contributed by atoms with Gasteiger partial charge in [-0.3, -0.25) is 0 Å². The summed E-state index contributed by atoms with van der Waals surface area (Å²) in [5.74, 6) is -0.476. The average Bonchev–Trinajstić information content (AvgIpc) is 3.34. The number of fused-ring (bicyclic) bond motifs is 1. The standard InChI is InChI=1S/C20H13F3N2O2S/c1-27-19(26)13-4-7-16-17(10-13)25(15-8-9-28-11-15)24-18(16)12-2-5-14(6-3-12)20(21,22)23/h2-11H,1H3. The minimum Gasteiger partial charge on any atom is -0.465 e. The third-order valence-corrected chi connectivity index (χ3v) is 5.01. The van der Waals surface area contributed by atoms with E-state index < -0.39 is 17.7 Å². The molecule has 0 fully saturated rings. The number of ether oxygens (including phenoxy) is 1. The summed E-state index contributed by atoms with van der Waals surface area (Å²) in [5.41, 5.74) is 2.20. The second kappa shape index (κ2) is 6.79. The number of carbonyl (C=O) groups is 1. The maximum Gasteiger partial charge on any atom is 0.416 e. The molecule has 28 heavy (non-hydrogen) atoms. The Bertz CT molecular complexity index is 1150. The Labute approximate surface area is 161 Å². The van der Waals surface area contributed by atoms with E-state index in [0.717, 1.165) is 23.2 Å². The van der Waals surface area contributed by atoms with Crippen LogP contribution in [0.5, 0.6) is 0 Å². The fraction of sp³-hybridized carbons (Fsp3) is 0.100. The summed E-state index contributed by atoms with van der Waals surface area (Å²) in [6.45, 7) is 0. The van der Waals surface area contributed by atoms with Gasteiger partial charge in [-0.2, -0.15) is 29.6 Å². The lowest BCUT2D eigenvalue weighted by Crippen LogP contribution is -2.04. The first-order valence-corrected chi connectivity index (χ1v) is 9.14. The van der Waals surface area contributed by atoms with Crippen molar-refractivity contribution in [2.75, 3.05) is 7.11 Å². The second-order valence-corrected chi connectivity index (χ2v) is 6.82. The molecule has 4 rings (SSSR count). The van der Waals surface area contributed by atoms with Crippen molar-refractivity contribution in [2.24, 2.45) is 0 Å². The fourth-order valence-electron chi connectivity index (χ4n) is 2.96. The molecule has 0 saturated heterocycles. The zero-order valence-electron chi connectivity index (χ0n) is 14.5.